The molecule has 0 aromatic heterocycles. The molecule has 1 N–H and O–H groups in total. The van der Waals surface area contributed by atoms with Gasteiger partial charge in [0.2, 0.25) is 0 Å². The van der Waals surface area contributed by atoms with Gasteiger partial charge >= 0.3 is 0 Å². The Kier molecular flexibility index (Phi) is 4.17. The summed E-state index contributed by atoms with van der Waals surface area (Å²) in [6.07, 6.45) is 0. The van der Waals surface area contributed by atoms with Crippen LogP contribution in [0.3, 0.4) is 0 Å². The number of ether oxygens (including phenoxy) is 1. The van der Waals surface area contributed by atoms with E-state index in [-0.39, 0.29) is 4.90 Å². The van der Waals surface area contributed by atoms with Gasteiger partial charge in [-0.15, -0.1) is 4.83 Å². The number of sulfonamides is 1. The second-order valence-electron chi connectivity index (χ2n) is 4.29. The van der Waals surface area contributed by atoms with Gasteiger partial charge in [-0.2, -0.15) is 5.26 Å². The van der Waals surface area contributed by atoms with Crippen molar-refractivity contribution in [3.63, 3.8) is 0 Å². The van der Waals surface area contributed by atoms with Crippen LogP contribution in [-0.4, -0.2) is 39.7 Å². The molecule has 7 heteroatoms. The maximum atomic E-state index is 12.3. The van der Waals surface area contributed by atoms with Crippen molar-refractivity contribution in [1.29, 1.82) is 5.26 Å². The van der Waals surface area contributed by atoms with Gasteiger partial charge in [-0.25, -0.2) is 13.4 Å². The number of nitrogens with zero attached hydrogens (tertiary/aromatic N) is 2. The van der Waals surface area contributed by atoms with Crippen molar-refractivity contribution in [3.05, 3.63) is 29.3 Å². The first-order valence-electron chi connectivity index (χ1n) is 5.89. The average molecular weight is 281 g/mol. The van der Waals surface area contributed by atoms with Crippen molar-refractivity contribution in [2.75, 3.05) is 26.3 Å². The third-order valence-corrected chi connectivity index (χ3v) is 4.38. The van der Waals surface area contributed by atoms with Gasteiger partial charge in [0.25, 0.3) is 10.0 Å². The van der Waals surface area contributed by atoms with E-state index in [1.165, 1.54) is 6.07 Å². The summed E-state index contributed by atoms with van der Waals surface area (Å²) in [4.78, 5) is 2.66. The zero-order chi connectivity index (χ0) is 13.9. The molecule has 0 amide bonds. The topological polar surface area (TPSA) is 82.4 Å². The van der Waals surface area contributed by atoms with E-state index >= 15 is 0 Å². The maximum Gasteiger partial charge on any atom is 0.253 e. The number of nitrogens with one attached hydrogen (secondary N) is 1. The minimum absolute atomic E-state index is 0.137. The van der Waals surface area contributed by atoms with Crippen LogP contribution in [0, 0.1) is 18.3 Å². The minimum atomic E-state index is -3.65. The Bertz CT molecular complexity index is 601. The highest BCUT2D eigenvalue weighted by Crippen LogP contribution is 2.17. The van der Waals surface area contributed by atoms with E-state index in [2.05, 4.69) is 4.83 Å². The van der Waals surface area contributed by atoms with Crippen molar-refractivity contribution in [1.82, 2.24) is 9.84 Å². The monoisotopic (exact) mass is 281 g/mol. The standard InChI is InChI=1S/C12H15N3O3S/c1-10-2-3-11(9-13)8-12(10)19(16,17)14-15-4-6-18-7-5-15/h2-3,8,14H,4-7H2,1H3. The molecule has 1 heterocycles. The van der Waals surface area contributed by atoms with Crippen LogP contribution in [0.5, 0.6) is 0 Å². The van der Waals surface area contributed by atoms with Crippen molar-refractivity contribution in [2.45, 2.75) is 11.8 Å². The van der Waals surface area contributed by atoms with E-state index in [9.17, 15) is 8.42 Å². The Balaban J connectivity index is 2.26. The van der Waals surface area contributed by atoms with Gasteiger partial charge in [-0.05, 0) is 24.6 Å². The van der Waals surface area contributed by atoms with Crippen LogP contribution in [0.4, 0.5) is 0 Å². The number of nitriles is 1. The van der Waals surface area contributed by atoms with Crippen LogP contribution in [0.25, 0.3) is 0 Å². The molecule has 1 saturated heterocycles. The van der Waals surface area contributed by atoms with Crippen LogP contribution in [0.1, 0.15) is 11.1 Å². The highest BCUT2D eigenvalue weighted by atomic mass is 32.2. The first-order valence-corrected chi connectivity index (χ1v) is 7.37. The number of aryl methyl sites for hydroxylation is 1. The maximum absolute atomic E-state index is 12.3. The van der Waals surface area contributed by atoms with E-state index in [0.29, 0.717) is 37.4 Å². The fourth-order valence-corrected chi connectivity index (χ4v) is 3.23. The quantitative estimate of drug-likeness (QED) is 0.866. The number of hydrazine groups is 1. The first kappa shape index (κ1) is 14.0. The molecular weight excluding hydrogens is 266 g/mol. The van der Waals surface area contributed by atoms with Crippen LogP contribution in [0.15, 0.2) is 23.1 Å². The van der Waals surface area contributed by atoms with Crippen LogP contribution >= 0.6 is 0 Å². The number of benzene rings is 1. The zero-order valence-corrected chi connectivity index (χ0v) is 11.4. The van der Waals surface area contributed by atoms with E-state index in [4.69, 9.17) is 10.00 Å². The molecule has 6 nitrogen and oxygen atoms in total. The third kappa shape index (κ3) is 3.30. The van der Waals surface area contributed by atoms with E-state index in [1.807, 2.05) is 6.07 Å². The van der Waals surface area contributed by atoms with Crippen LogP contribution in [0.2, 0.25) is 0 Å². The SMILES string of the molecule is Cc1ccc(C#N)cc1S(=O)(=O)NN1CCOCC1. The fraction of sp³-hybridized carbons (Fsp3) is 0.417. The second-order valence-corrected chi connectivity index (χ2v) is 5.92. The molecular formula is C12H15N3O3S. The zero-order valence-electron chi connectivity index (χ0n) is 10.6. The molecule has 1 fully saturated rings. The van der Waals surface area contributed by atoms with Gasteiger partial charge in [0.05, 0.1) is 29.7 Å². The van der Waals surface area contributed by atoms with Crippen molar-refractivity contribution in [2.24, 2.45) is 0 Å². The summed E-state index contributed by atoms with van der Waals surface area (Å²) in [7, 11) is -3.65. The summed E-state index contributed by atoms with van der Waals surface area (Å²) in [5.74, 6) is 0. The first-order chi connectivity index (χ1) is 9.03. The molecule has 0 unspecified atom stereocenters. The van der Waals surface area contributed by atoms with Gasteiger partial charge in [0.1, 0.15) is 0 Å². The average Bonchev–Trinajstić information content (AvgIpc) is 2.39. The minimum Gasteiger partial charge on any atom is -0.379 e. The van der Waals surface area contributed by atoms with Gasteiger partial charge in [-0.3, -0.25) is 0 Å². The molecule has 1 aromatic rings. The number of morpholine rings is 1. The number of hydrogen-bond acceptors (Lipinski definition) is 5. The molecule has 0 radical (unpaired) electrons. The molecule has 0 saturated carbocycles. The predicted octanol–water partition coefficient (Wildman–Crippen LogP) is 0.392. The smallest absolute Gasteiger partial charge is 0.253 e. The number of rotatable bonds is 3. The molecule has 2 rings (SSSR count). The summed E-state index contributed by atoms with van der Waals surface area (Å²) in [6, 6.07) is 6.56. The second kappa shape index (κ2) is 5.67. The van der Waals surface area contributed by atoms with E-state index < -0.39 is 10.0 Å². The Labute approximate surface area is 112 Å². The van der Waals surface area contributed by atoms with Gasteiger partial charge in [-0.1, -0.05) is 6.07 Å². The molecule has 1 aliphatic rings. The molecule has 0 aliphatic carbocycles. The lowest BCUT2D eigenvalue weighted by Gasteiger charge is -2.27. The van der Waals surface area contributed by atoms with Crippen molar-refractivity contribution >= 4 is 10.0 Å². The Morgan fingerprint density at radius 1 is 1.37 bits per heavy atom. The molecule has 0 bridgehead atoms. The highest BCUT2D eigenvalue weighted by Gasteiger charge is 2.22. The van der Waals surface area contributed by atoms with Crippen molar-refractivity contribution in [3.8, 4) is 6.07 Å². The summed E-state index contributed by atoms with van der Waals surface area (Å²) in [5.41, 5.74) is 0.938. The lowest BCUT2D eigenvalue weighted by atomic mass is 10.2. The van der Waals surface area contributed by atoms with Gasteiger partial charge < -0.3 is 4.74 Å². The normalized spacial score (nSPS) is 17.1. The molecule has 0 atom stereocenters. The van der Waals surface area contributed by atoms with E-state index in [0.717, 1.165) is 0 Å². The van der Waals surface area contributed by atoms with Crippen molar-refractivity contribution < 1.29 is 13.2 Å². The lowest BCUT2D eigenvalue weighted by molar-refractivity contribution is 0.0272. The van der Waals surface area contributed by atoms with Gasteiger partial charge in [0, 0.05) is 13.1 Å². The van der Waals surface area contributed by atoms with Gasteiger partial charge in [0.15, 0.2) is 0 Å². The molecule has 19 heavy (non-hydrogen) atoms. The highest BCUT2D eigenvalue weighted by molar-refractivity contribution is 7.89. The summed E-state index contributed by atoms with van der Waals surface area (Å²) in [5, 5.41) is 10.5. The lowest BCUT2D eigenvalue weighted by Crippen LogP contribution is -2.48. The van der Waals surface area contributed by atoms with Crippen LogP contribution in [-0.2, 0) is 14.8 Å². The van der Waals surface area contributed by atoms with E-state index in [1.54, 1.807) is 24.1 Å². The summed E-state index contributed by atoms with van der Waals surface area (Å²) in [6.45, 7) is 3.72. The Hall–Kier alpha value is -1.46. The third-order valence-electron chi connectivity index (χ3n) is 2.87. The molecule has 1 aromatic carbocycles. The largest absolute Gasteiger partial charge is 0.379 e. The summed E-state index contributed by atoms with van der Waals surface area (Å²) < 4.78 is 29.7. The number of hydrogen-bond donors (Lipinski definition) is 1. The molecule has 102 valence electrons. The fourth-order valence-electron chi connectivity index (χ4n) is 1.83. The Morgan fingerprint density at radius 3 is 2.68 bits per heavy atom. The van der Waals surface area contributed by atoms with Crippen LogP contribution < -0.4 is 4.83 Å². The molecule has 1 aliphatic heterocycles. The molecule has 0 spiro atoms. The summed E-state index contributed by atoms with van der Waals surface area (Å²) >= 11 is 0. The predicted molar refractivity (Wildman–Crippen MR) is 68.6 cm³/mol. The Morgan fingerprint density at radius 2 is 2.05 bits per heavy atom.